The molecule has 7 nitrogen and oxygen atoms in total. The highest BCUT2D eigenvalue weighted by atomic mass is 16.7. The third-order valence-electron chi connectivity index (χ3n) is 3.69. The summed E-state index contributed by atoms with van der Waals surface area (Å²) in [5.41, 5.74) is 0.524. The van der Waals surface area contributed by atoms with Gasteiger partial charge in [-0.2, -0.15) is 0 Å². The Morgan fingerprint density at radius 3 is 2.50 bits per heavy atom. The summed E-state index contributed by atoms with van der Waals surface area (Å²) in [7, 11) is 0. The zero-order chi connectivity index (χ0) is 18.5. The molecule has 1 amide bonds. The molecule has 3 rings (SSSR count). The lowest BCUT2D eigenvalue weighted by Gasteiger charge is -2.17. The molecule has 0 saturated heterocycles. The van der Waals surface area contributed by atoms with Crippen molar-refractivity contribution in [2.75, 3.05) is 12.1 Å². The standard InChI is InChI=1S/C19H19NO6/c1-12(26-19(22)13(2)25-15-6-4-3-5-7-15)18(21)20-14-8-9-16-17(10-14)24-11-23-16/h3-10,12-13H,11H2,1-2H3,(H,20,21)/t12-,13+/m1/s1. The van der Waals surface area contributed by atoms with Gasteiger partial charge in [-0.3, -0.25) is 4.79 Å². The number of carbonyl (C=O) groups excluding carboxylic acids is 2. The molecule has 1 N–H and O–H groups in total. The molecule has 1 aliphatic heterocycles. The second-order valence-electron chi connectivity index (χ2n) is 5.71. The average Bonchev–Trinajstić information content (AvgIpc) is 3.10. The zero-order valence-electron chi connectivity index (χ0n) is 14.4. The first-order valence-corrected chi connectivity index (χ1v) is 8.15. The van der Waals surface area contributed by atoms with Gasteiger partial charge in [0.25, 0.3) is 5.91 Å². The Bertz CT molecular complexity index is 792. The number of hydrogen-bond acceptors (Lipinski definition) is 6. The first-order valence-electron chi connectivity index (χ1n) is 8.15. The fourth-order valence-corrected chi connectivity index (χ4v) is 2.29. The van der Waals surface area contributed by atoms with Gasteiger partial charge in [0.2, 0.25) is 6.79 Å². The summed E-state index contributed by atoms with van der Waals surface area (Å²) < 4.78 is 21.1. The Morgan fingerprint density at radius 2 is 1.73 bits per heavy atom. The van der Waals surface area contributed by atoms with E-state index in [1.165, 1.54) is 6.92 Å². The van der Waals surface area contributed by atoms with Crippen LogP contribution in [0.1, 0.15) is 13.8 Å². The van der Waals surface area contributed by atoms with Crippen LogP contribution in [0.4, 0.5) is 5.69 Å². The van der Waals surface area contributed by atoms with Crippen molar-refractivity contribution >= 4 is 17.6 Å². The van der Waals surface area contributed by atoms with Crippen LogP contribution in [0.15, 0.2) is 48.5 Å². The number of para-hydroxylation sites is 1. The molecule has 26 heavy (non-hydrogen) atoms. The fraction of sp³-hybridized carbons (Fsp3) is 0.263. The maximum absolute atomic E-state index is 12.2. The highest BCUT2D eigenvalue weighted by molar-refractivity contribution is 5.95. The average molecular weight is 357 g/mol. The number of benzene rings is 2. The second kappa shape index (κ2) is 7.77. The summed E-state index contributed by atoms with van der Waals surface area (Å²) in [4.78, 5) is 24.3. The van der Waals surface area contributed by atoms with Gasteiger partial charge in [-0.15, -0.1) is 0 Å². The summed E-state index contributed by atoms with van der Waals surface area (Å²) >= 11 is 0. The molecular weight excluding hydrogens is 338 g/mol. The molecule has 0 spiro atoms. The van der Waals surface area contributed by atoms with Gasteiger partial charge in [-0.25, -0.2) is 4.79 Å². The van der Waals surface area contributed by atoms with E-state index in [4.69, 9.17) is 18.9 Å². The Hall–Kier alpha value is -3.22. The van der Waals surface area contributed by atoms with Crippen molar-refractivity contribution < 1.29 is 28.5 Å². The second-order valence-corrected chi connectivity index (χ2v) is 5.71. The predicted octanol–water partition coefficient (Wildman–Crippen LogP) is 2.75. The molecule has 1 aliphatic rings. The van der Waals surface area contributed by atoms with E-state index in [-0.39, 0.29) is 6.79 Å². The highest BCUT2D eigenvalue weighted by Crippen LogP contribution is 2.34. The van der Waals surface area contributed by atoms with Crippen LogP contribution in [-0.4, -0.2) is 30.9 Å². The van der Waals surface area contributed by atoms with Crippen molar-refractivity contribution in [1.29, 1.82) is 0 Å². The van der Waals surface area contributed by atoms with Gasteiger partial charge >= 0.3 is 5.97 Å². The SMILES string of the molecule is C[C@H](Oc1ccccc1)C(=O)O[C@H](C)C(=O)Nc1ccc2c(c1)OCO2. The summed E-state index contributed by atoms with van der Waals surface area (Å²) in [6, 6.07) is 13.9. The Kier molecular flexibility index (Phi) is 5.26. The van der Waals surface area contributed by atoms with Gasteiger partial charge in [0.05, 0.1) is 0 Å². The number of anilines is 1. The summed E-state index contributed by atoms with van der Waals surface area (Å²) in [5.74, 6) is 0.646. The first-order chi connectivity index (χ1) is 12.5. The van der Waals surface area contributed by atoms with Crippen molar-refractivity contribution in [3.8, 4) is 17.2 Å². The van der Waals surface area contributed by atoms with E-state index in [9.17, 15) is 9.59 Å². The molecule has 0 aromatic heterocycles. The van der Waals surface area contributed by atoms with E-state index >= 15 is 0 Å². The molecule has 2 aromatic rings. The van der Waals surface area contributed by atoms with Crippen LogP contribution in [0.25, 0.3) is 0 Å². The lowest BCUT2D eigenvalue weighted by atomic mass is 10.2. The summed E-state index contributed by atoms with van der Waals surface area (Å²) in [6.45, 7) is 3.22. The maximum atomic E-state index is 12.2. The van der Waals surface area contributed by atoms with Crippen molar-refractivity contribution in [1.82, 2.24) is 0 Å². The first kappa shape index (κ1) is 17.6. The monoisotopic (exact) mass is 357 g/mol. The highest BCUT2D eigenvalue weighted by Gasteiger charge is 2.24. The molecule has 0 saturated carbocycles. The topological polar surface area (TPSA) is 83.1 Å². The van der Waals surface area contributed by atoms with Gasteiger partial charge in [0.15, 0.2) is 23.7 Å². The Morgan fingerprint density at radius 1 is 1.00 bits per heavy atom. The number of fused-ring (bicyclic) bond motifs is 1. The number of nitrogens with one attached hydrogen (secondary N) is 1. The largest absolute Gasteiger partial charge is 0.479 e. The predicted molar refractivity (Wildman–Crippen MR) is 93.3 cm³/mol. The van der Waals surface area contributed by atoms with Gasteiger partial charge in [0.1, 0.15) is 5.75 Å². The van der Waals surface area contributed by atoms with Crippen LogP contribution in [0.3, 0.4) is 0 Å². The van der Waals surface area contributed by atoms with E-state index in [0.717, 1.165) is 0 Å². The smallest absolute Gasteiger partial charge is 0.347 e. The Labute approximate surface area is 150 Å². The minimum Gasteiger partial charge on any atom is -0.479 e. The molecule has 0 bridgehead atoms. The molecule has 2 aromatic carbocycles. The number of carbonyl (C=O) groups is 2. The lowest BCUT2D eigenvalue weighted by molar-refractivity contribution is -0.159. The number of rotatable bonds is 6. The molecule has 1 heterocycles. The van der Waals surface area contributed by atoms with Crippen molar-refractivity contribution in [2.45, 2.75) is 26.1 Å². The van der Waals surface area contributed by atoms with Crippen LogP contribution in [0.2, 0.25) is 0 Å². The molecule has 0 aliphatic carbocycles. The van der Waals surface area contributed by atoms with Crippen LogP contribution < -0.4 is 19.5 Å². The zero-order valence-corrected chi connectivity index (χ0v) is 14.4. The van der Waals surface area contributed by atoms with E-state index in [0.29, 0.717) is 22.9 Å². The number of ether oxygens (including phenoxy) is 4. The lowest BCUT2D eigenvalue weighted by Crippen LogP contribution is -2.35. The van der Waals surface area contributed by atoms with Crippen LogP contribution in [0, 0.1) is 0 Å². The van der Waals surface area contributed by atoms with Gasteiger partial charge in [-0.05, 0) is 38.1 Å². The van der Waals surface area contributed by atoms with Gasteiger partial charge < -0.3 is 24.3 Å². The third kappa shape index (κ3) is 4.24. The van der Waals surface area contributed by atoms with E-state index in [1.54, 1.807) is 49.4 Å². The third-order valence-corrected chi connectivity index (χ3v) is 3.69. The molecule has 136 valence electrons. The molecule has 0 fully saturated rings. The summed E-state index contributed by atoms with van der Waals surface area (Å²) in [6.07, 6.45) is -1.81. The van der Waals surface area contributed by atoms with Crippen LogP contribution >= 0.6 is 0 Å². The van der Waals surface area contributed by atoms with Crippen LogP contribution in [-0.2, 0) is 14.3 Å². The Balaban J connectivity index is 1.52. The van der Waals surface area contributed by atoms with E-state index in [2.05, 4.69) is 5.32 Å². The minimum absolute atomic E-state index is 0.153. The maximum Gasteiger partial charge on any atom is 0.347 e. The van der Waals surface area contributed by atoms with E-state index in [1.807, 2.05) is 6.07 Å². The van der Waals surface area contributed by atoms with Crippen molar-refractivity contribution in [3.63, 3.8) is 0 Å². The molecule has 7 heteroatoms. The van der Waals surface area contributed by atoms with Gasteiger partial charge in [-0.1, -0.05) is 18.2 Å². The number of amides is 1. The number of hydrogen-bond donors (Lipinski definition) is 1. The van der Waals surface area contributed by atoms with Gasteiger partial charge in [0, 0.05) is 11.8 Å². The number of esters is 1. The summed E-state index contributed by atoms with van der Waals surface area (Å²) in [5, 5.41) is 2.67. The van der Waals surface area contributed by atoms with Crippen molar-refractivity contribution in [3.05, 3.63) is 48.5 Å². The normalized spacial score (nSPS) is 14.2. The molecule has 0 radical (unpaired) electrons. The van der Waals surface area contributed by atoms with Crippen molar-refractivity contribution in [2.24, 2.45) is 0 Å². The molecule has 2 atom stereocenters. The molecule has 0 unspecified atom stereocenters. The van der Waals surface area contributed by atoms with E-state index < -0.39 is 24.1 Å². The molecular formula is C19H19NO6. The van der Waals surface area contributed by atoms with Crippen LogP contribution in [0.5, 0.6) is 17.2 Å². The fourth-order valence-electron chi connectivity index (χ4n) is 2.29. The minimum atomic E-state index is -0.977. The quantitative estimate of drug-likeness (QED) is 0.801.